The summed E-state index contributed by atoms with van der Waals surface area (Å²) in [6, 6.07) is 8.65. The minimum atomic E-state index is -0.143. The maximum atomic E-state index is 10.9. The van der Waals surface area contributed by atoms with Gasteiger partial charge in [-0.1, -0.05) is 24.3 Å². The summed E-state index contributed by atoms with van der Waals surface area (Å²) in [5.41, 5.74) is 2.60. The zero-order valence-corrected chi connectivity index (χ0v) is 10.8. The van der Waals surface area contributed by atoms with Crippen molar-refractivity contribution >= 4 is 5.97 Å². The Labute approximate surface area is 103 Å². The predicted molar refractivity (Wildman–Crippen MR) is 68.8 cm³/mol. The summed E-state index contributed by atoms with van der Waals surface area (Å²) in [4.78, 5) is 10.9. The first kappa shape index (κ1) is 13.7. The normalized spacial score (nSPS) is 12.2. The molecule has 1 aromatic rings. The lowest BCUT2D eigenvalue weighted by atomic mass is 10.0. The number of ether oxygens (including phenoxy) is 1. The molecule has 17 heavy (non-hydrogen) atoms. The summed E-state index contributed by atoms with van der Waals surface area (Å²) in [5.74, 6) is -0.143. The van der Waals surface area contributed by atoms with Gasteiger partial charge in [-0.25, -0.2) is 0 Å². The average Bonchev–Trinajstić information content (AvgIpc) is 2.34. The molecule has 0 amide bonds. The second-order valence-corrected chi connectivity index (χ2v) is 4.21. The van der Waals surface area contributed by atoms with Gasteiger partial charge < -0.3 is 10.1 Å². The van der Waals surface area contributed by atoms with Gasteiger partial charge in [-0.3, -0.25) is 4.79 Å². The number of benzene rings is 1. The maximum absolute atomic E-state index is 10.9. The molecule has 0 radical (unpaired) electrons. The Morgan fingerprint density at radius 2 is 2.12 bits per heavy atom. The van der Waals surface area contributed by atoms with Crippen LogP contribution in [0.4, 0.5) is 0 Å². The molecule has 1 aromatic carbocycles. The molecular formula is C14H21NO2. The van der Waals surface area contributed by atoms with Crippen LogP contribution < -0.4 is 5.32 Å². The van der Waals surface area contributed by atoms with Crippen LogP contribution in [0, 0.1) is 6.92 Å². The lowest BCUT2D eigenvalue weighted by molar-refractivity contribution is -0.140. The van der Waals surface area contributed by atoms with E-state index < -0.39 is 0 Å². The Balaban J connectivity index is 2.33. The lowest BCUT2D eigenvalue weighted by Gasteiger charge is -2.16. The van der Waals surface area contributed by atoms with Gasteiger partial charge in [-0.2, -0.15) is 0 Å². The monoisotopic (exact) mass is 235 g/mol. The molecule has 0 saturated carbocycles. The molecule has 0 spiro atoms. The fourth-order valence-corrected chi connectivity index (χ4v) is 1.84. The van der Waals surface area contributed by atoms with E-state index >= 15 is 0 Å². The molecule has 1 rings (SSSR count). The number of rotatable bonds is 6. The number of methoxy groups -OCH3 is 1. The molecule has 3 nitrogen and oxygen atoms in total. The molecule has 3 heteroatoms. The van der Waals surface area contributed by atoms with Crippen molar-refractivity contribution in [2.45, 2.75) is 32.7 Å². The van der Waals surface area contributed by atoms with E-state index in [-0.39, 0.29) is 5.97 Å². The van der Waals surface area contributed by atoms with Crippen molar-refractivity contribution in [3.8, 4) is 0 Å². The van der Waals surface area contributed by atoms with Crippen LogP contribution in [0.1, 0.15) is 36.9 Å². The molecule has 0 aliphatic rings. The van der Waals surface area contributed by atoms with E-state index in [1.54, 1.807) is 0 Å². The number of carbonyl (C=O) groups is 1. The maximum Gasteiger partial charge on any atom is 0.305 e. The molecule has 0 saturated heterocycles. The van der Waals surface area contributed by atoms with Gasteiger partial charge in [-0.05, 0) is 37.9 Å². The largest absolute Gasteiger partial charge is 0.469 e. The summed E-state index contributed by atoms with van der Waals surface area (Å²) in [6.45, 7) is 5.08. The van der Waals surface area contributed by atoms with E-state index in [0.29, 0.717) is 12.5 Å². The number of hydrogen-bond donors (Lipinski definition) is 1. The molecule has 94 valence electrons. The summed E-state index contributed by atoms with van der Waals surface area (Å²) >= 11 is 0. The van der Waals surface area contributed by atoms with E-state index in [0.717, 1.165) is 13.0 Å². The highest BCUT2D eigenvalue weighted by molar-refractivity contribution is 5.69. The minimum Gasteiger partial charge on any atom is -0.469 e. The first-order chi connectivity index (χ1) is 8.15. The Kier molecular flexibility index (Phi) is 5.70. The molecule has 0 bridgehead atoms. The second kappa shape index (κ2) is 7.07. The topological polar surface area (TPSA) is 38.3 Å². The van der Waals surface area contributed by atoms with E-state index in [2.05, 4.69) is 42.1 Å². The SMILES string of the molecule is COC(=O)CCCNC(C)c1ccccc1C. The van der Waals surface area contributed by atoms with E-state index in [9.17, 15) is 4.79 Å². The van der Waals surface area contributed by atoms with Crippen molar-refractivity contribution in [2.75, 3.05) is 13.7 Å². The fourth-order valence-electron chi connectivity index (χ4n) is 1.84. The molecular weight excluding hydrogens is 214 g/mol. The summed E-state index contributed by atoms with van der Waals surface area (Å²) in [7, 11) is 1.42. The molecule has 0 aliphatic heterocycles. The predicted octanol–water partition coefficient (Wildman–Crippen LogP) is 2.60. The number of nitrogens with one attached hydrogen (secondary N) is 1. The number of esters is 1. The van der Waals surface area contributed by atoms with Crippen molar-refractivity contribution < 1.29 is 9.53 Å². The minimum absolute atomic E-state index is 0.143. The first-order valence-corrected chi connectivity index (χ1v) is 6.01. The quantitative estimate of drug-likeness (QED) is 0.608. The van der Waals surface area contributed by atoms with E-state index in [1.165, 1.54) is 18.2 Å². The molecule has 0 fully saturated rings. The third-order valence-electron chi connectivity index (χ3n) is 2.89. The van der Waals surface area contributed by atoms with Crippen molar-refractivity contribution in [2.24, 2.45) is 0 Å². The Morgan fingerprint density at radius 1 is 1.41 bits per heavy atom. The summed E-state index contributed by atoms with van der Waals surface area (Å²) < 4.78 is 4.59. The van der Waals surface area contributed by atoms with Gasteiger partial charge >= 0.3 is 5.97 Å². The van der Waals surface area contributed by atoms with Crippen LogP contribution in [0.2, 0.25) is 0 Å². The lowest BCUT2D eigenvalue weighted by Crippen LogP contribution is -2.21. The third-order valence-corrected chi connectivity index (χ3v) is 2.89. The highest BCUT2D eigenvalue weighted by atomic mass is 16.5. The molecule has 0 heterocycles. The third kappa shape index (κ3) is 4.57. The first-order valence-electron chi connectivity index (χ1n) is 6.01. The zero-order valence-electron chi connectivity index (χ0n) is 10.8. The van der Waals surface area contributed by atoms with Crippen molar-refractivity contribution in [3.05, 3.63) is 35.4 Å². The molecule has 1 unspecified atom stereocenters. The Morgan fingerprint density at radius 3 is 2.76 bits per heavy atom. The van der Waals surface area contributed by atoms with Gasteiger partial charge in [0.1, 0.15) is 0 Å². The van der Waals surface area contributed by atoms with Gasteiger partial charge in [0, 0.05) is 12.5 Å². The zero-order chi connectivity index (χ0) is 12.7. The van der Waals surface area contributed by atoms with Crippen LogP contribution >= 0.6 is 0 Å². The second-order valence-electron chi connectivity index (χ2n) is 4.21. The van der Waals surface area contributed by atoms with Gasteiger partial charge in [0.25, 0.3) is 0 Å². The summed E-state index contributed by atoms with van der Waals surface area (Å²) in [5, 5.41) is 3.41. The van der Waals surface area contributed by atoms with Crippen LogP contribution in [0.25, 0.3) is 0 Å². The van der Waals surface area contributed by atoms with E-state index in [4.69, 9.17) is 0 Å². The van der Waals surface area contributed by atoms with Gasteiger partial charge in [-0.15, -0.1) is 0 Å². The van der Waals surface area contributed by atoms with Crippen molar-refractivity contribution in [3.63, 3.8) is 0 Å². The smallest absolute Gasteiger partial charge is 0.305 e. The number of hydrogen-bond acceptors (Lipinski definition) is 3. The van der Waals surface area contributed by atoms with Crippen LogP contribution in [0.15, 0.2) is 24.3 Å². The number of aryl methyl sites for hydroxylation is 1. The summed E-state index contributed by atoms with van der Waals surface area (Å²) in [6.07, 6.45) is 1.28. The average molecular weight is 235 g/mol. The van der Waals surface area contributed by atoms with E-state index in [1.807, 2.05) is 6.07 Å². The van der Waals surface area contributed by atoms with Gasteiger partial charge in [0.2, 0.25) is 0 Å². The van der Waals surface area contributed by atoms with Crippen LogP contribution in [0.3, 0.4) is 0 Å². The van der Waals surface area contributed by atoms with Gasteiger partial charge in [0.05, 0.1) is 7.11 Å². The number of carbonyl (C=O) groups excluding carboxylic acids is 1. The molecule has 1 atom stereocenters. The highest BCUT2D eigenvalue weighted by Crippen LogP contribution is 2.16. The van der Waals surface area contributed by atoms with Crippen LogP contribution in [-0.2, 0) is 9.53 Å². The molecule has 1 N–H and O–H groups in total. The van der Waals surface area contributed by atoms with Crippen LogP contribution in [-0.4, -0.2) is 19.6 Å². The van der Waals surface area contributed by atoms with Crippen LogP contribution in [0.5, 0.6) is 0 Å². The standard InChI is InChI=1S/C14H21NO2/c1-11-7-4-5-8-13(11)12(2)15-10-6-9-14(16)17-3/h4-5,7-8,12,15H,6,9-10H2,1-3H3. The Hall–Kier alpha value is -1.35. The molecule has 0 aliphatic carbocycles. The van der Waals surface area contributed by atoms with Gasteiger partial charge in [0.15, 0.2) is 0 Å². The van der Waals surface area contributed by atoms with Crippen molar-refractivity contribution in [1.82, 2.24) is 5.32 Å². The van der Waals surface area contributed by atoms with Crippen molar-refractivity contribution in [1.29, 1.82) is 0 Å². The molecule has 0 aromatic heterocycles. The fraction of sp³-hybridized carbons (Fsp3) is 0.500. The highest BCUT2D eigenvalue weighted by Gasteiger charge is 2.07. The Bertz CT molecular complexity index is 363.